The van der Waals surface area contributed by atoms with Crippen molar-refractivity contribution in [2.75, 3.05) is 5.43 Å². The lowest BCUT2D eigenvalue weighted by Gasteiger charge is -2.12. The van der Waals surface area contributed by atoms with Crippen molar-refractivity contribution < 1.29 is 8.78 Å². The molecule has 112 valence electrons. The lowest BCUT2D eigenvalue weighted by Crippen LogP contribution is -2.30. The highest BCUT2D eigenvalue weighted by Crippen LogP contribution is 2.21. The van der Waals surface area contributed by atoms with Crippen LogP contribution in [0, 0.1) is 18.6 Å². The molecule has 2 aromatic carbocycles. The fourth-order valence-electron chi connectivity index (χ4n) is 2.13. The number of aromatic nitrogens is 2. The van der Waals surface area contributed by atoms with Gasteiger partial charge in [-0.25, -0.2) is 8.78 Å². The van der Waals surface area contributed by atoms with E-state index in [1.54, 1.807) is 31.2 Å². The zero-order valence-electron chi connectivity index (χ0n) is 11.4. The van der Waals surface area contributed by atoms with Crippen molar-refractivity contribution in [2.45, 2.75) is 6.92 Å². The van der Waals surface area contributed by atoms with E-state index >= 15 is 0 Å². The average Bonchev–Trinajstić information content (AvgIpc) is 2.49. The first-order valence-corrected chi connectivity index (χ1v) is 6.75. The number of fused-ring (bicyclic) bond motifs is 1. The number of rotatable bonds is 2. The van der Waals surface area contributed by atoms with Crippen LogP contribution >= 0.6 is 11.6 Å². The molecule has 0 radical (unpaired) electrons. The van der Waals surface area contributed by atoms with Gasteiger partial charge >= 0.3 is 0 Å². The van der Waals surface area contributed by atoms with Gasteiger partial charge in [-0.2, -0.15) is 5.10 Å². The van der Waals surface area contributed by atoms with Crippen molar-refractivity contribution in [3.05, 3.63) is 69.1 Å². The number of nitrogens with zero attached hydrogens (tertiary/aromatic N) is 2. The molecule has 1 heterocycles. The van der Waals surface area contributed by atoms with Crippen LogP contribution in [0.3, 0.4) is 0 Å². The van der Waals surface area contributed by atoms with Crippen LogP contribution in [0.25, 0.3) is 10.8 Å². The number of anilines is 1. The summed E-state index contributed by atoms with van der Waals surface area (Å²) < 4.78 is 26.7. The smallest absolute Gasteiger partial charge is 0.273 e. The molecular formula is C15H10ClF2N3O. The van der Waals surface area contributed by atoms with Crippen LogP contribution in [0.1, 0.15) is 5.69 Å². The van der Waals surface area contributed by atoms with E-state index in [2.05, 4.69) is 10.5 Å². The molecule has 0 unspecified atom stereocenters. The summed E-state index contributed by atoms with van der Waals surface area (Å²) in [6.45, 7) is 1.60. The zero-order valence-corrected chi connectivity index (χ0v) is 12.2. The van der Waals surface area contributed by atoms with E-state index in [4.69, 9.17) is 11.6 Å². The van der Waals surface area contributed by atoms with E-state index in [9.17, 15) is 13.6 Å². The second kappa shape index (κ2) is 5.38. The van der Waals surface area contributed by atoms with Crippen LogP contribution < -0.4 is 11.0 Å². The molecular weight excluding hydrogens is 312 g/mol. The number of para-hydroxylation sites is 1. The fourth-order valence-corrected chi connectivity index (χ4v) is 2.31. The number of halogens is 3. The maximum absolute atomic E-state index is 13.4. The Labute approximate surface area is 128 Å². The van der Waals surface area contributed by atoms with Crippen LogP contribution in [-0.2, 0) is 0 Å². The van der Waals surface area contributed by atoms with Gasteiger partial charge in [0.15, 0.2) is 11.6 Å². The first kappa shape index (κ1) is 14.5. The minimum atomic E-state index is -1.08. The summed E-state index contributed by atoms with van der Waals surface area (Å²) in [5, 5.41) is 4.75. The van der Waals surface area contributed by atoms with Crippen LogP contribution in [0.15, 0.2) is 41.2 Å². The maximum atomic E-state index is 13.4. The van der Waals surface area contributed by atoms with E-state index in [1.807, 2.05) is 0 Å². The third-order valence-electron chi connectivity index (χ3n) is 3.22. The van der Waals surface area contributed by atoms with Gasteiger partial charge in [0.1, 0.15) is 0 Å². The Morgan fingerprint density at radius 1 is 1.14 bits per heavy atom. The molecule has 0 aliphatic carbocycles. The predicted octanol–water partition coefficient (Wildman–Crippen LogP) is 3.51. The Morgan fingerprint density at radius 3 is 2.45 bits per heavy atom. The Bertz CT molecular complexity index is 940. The summed E-state index contributed by atoms with van der Waals surface area (Å²) in [5.41, 5.74) is 3.01. The minimum absolute atomic E-state index is 0.0333. The summed E-state index contributed by atoms with van der Waals surface area (Å²) in [6.07, 6.45) is 0. The van der Waals surface area contributed by atoms with Gasteiger partial charge in [0.2, 0.25) is 0 Å². The average molecular weight is 322 g/mol. The van der Waals surface area contributed by atoms with Crippen LogP contribution in [0.2, 0.25) is 5.02 Å². The minimum Gasteiger partial charge on any atom is -0.273 e. The Morgan fingerprint density at radius 2 is 1.77 bits per heavy atom. The third-order valence-corrected chi connectivity index (χ3v) is 3.55. The monoisotopic (exact) mass is 321 g/mol. The molecule has 3 rings (SSSR count). The summed E-state index contributed by atoms with van der Waals surface area (Å²) in [6, 6.07) is 8.63. The molecule has 0 atom stereocenters. The summed E-state index contributed by atoms with van der Waals surface area (Å²) >= 11 is 6.02. The summed E-state index contributed by atoms with van der Waals surface area (Å²) in [7, 11) is 0. The molecule has 0 saturated carbocycles. The number of hydrogen-bond acceptors (Lipinski definition) is 3. The number of aryl methyl sites for hydroxylation is 1. The molecule has 7 heteroatoms. The maximum Gasteiger partial charge on any atom is 0.294 e. The highest BCUT2D eigenvalue weighted by molar-refractivity contribution is 6.33. The van der Waals surface area contributed by atoms with Gasteiger partial charge < -0.3 is 0 Å². The van der Waals surface area contributed by atoms with Crippen LogP contribution in [0.4, 0.5) is 14.5 Å². The van der Waals surface area contributed by atoms with Crippen molar-refractivity contribution in [1.82, 2.24) is 9.89 Å². The topological polar surface area (TPSA) is 46.9 Å². The SMILES string of the molecule is Cc1nn(Nc2ccccc2Cl)c(=O)c2cc(F)c(F)cc12. The highest BCUT2D eigenvalue weighted by atomic mass is 35.5. The molecule has 4 nitrogen and oxygen atoms in total. The van der Waals surface area contributed by atoms with Crippen molar-refractivity contribution in [3.63, 3.8) is 0 Å². The van der Waals surface area contributed by atoms with Gasteiger partial charge in [-0.15, -0.1) is 4.79 Å². The van der Waals surface area contributed by atoms with Gasteiger partial charge in [0.05, 0.1) is 21.8 Å². The molecule has 1 aromatic heterocycles. The van der Waals surface area contributed by atoms with E-state index in [-0.39, 0.29) is 10.8 Å². The normalized spacial score (nSPS) is 10.9. The van der Waals surface area contributed by atoms with Crippen molar-refractivity contribution in [1.29, 1.82) is 0 Å². The van der Waals surface area contributed by atoms with E-state index < -0.39 is 17.2 Å². The first-order valence-electron chi connectivity index (χ1n) is 6.37. The molecule has 3 aromatic rings. The van der Waals surface area contributed by atoms with Gasteiger partial charge in [-0.1, -0.05) is 23.7 Å². The van der Waals surface area contributed by atoms with Crippen molar-refractivity contribution in [2.24, 2.45) is 0 Å². The Kier molecular flexibility index (Phi) is 3.54. The highest BCUT2D eigenvalue weighted by Gasteiger charge is 2.13. The van der Waals surface area contributed by atoms with Crippen molar-refractivity contribution in [3.8, 4) is 0 Å². The molecule has 0 saturated heterocycles. The second-order valence-corrected chi connectivity index (χ2v) is 5.11. The summed E-state index contributed by atoms with van der Waals surface area (Å²) in [4.78, 5) is 13.3. The number of hydrogen-bond donors (Lipinski definition) is 1. The standard InChI is InChI=1S/C15H10ClF2N3O/c1-8-9-6-12(17)13(18)7-10(9)15(22)21(19-8)20-14-5-3-2-4-11(14)16/h2-7,20H,1H3. The zero-order chi connectivity index (χ0) is 15.9. The van der Waals surface area contributed by atoms with Crippen LogP contribution in [0.5, 0.6) is 0 Å². The van der Waals surface area contributed by atoms with E-state index in [0.717, 1.165) is 16.9 Å². The van der Waals surface area contributed by atoms with E-state index in [1.165, 1.54) is 0 Å². The second-order valence-electron chi connectivity index (χ2n) is 4.71. The molecule has 0 fully saturated rings. The van der Waals surface area contributed by atoms with Gasteiger partial charge in [0, 0.05) is 5.39 Å². The number of nitrogens with one attached hydrogen (secondary N) is 1. The van der Waals surface area contributed by atoms with Crippen molar-refractivity contribution >= 4 is 28.1 Å². The Hall–Kier alpha value is -2.47. The molecule has 1 N–H and O–H groups in total. The molecule has 0 aliphatic heterocycles. The summed E-state index contributed by atoms with van der Waals surface area (Å²) in [5.74, 6) is -2.10. The van der Waals surface area contributed by atoms with Crippen LogP contribution in [-0.4, -0.2) is 9.89 Å². The first-order chi connectivity index (χ1) is 10.5. The van der Waals surface area contributed by atoms with Gasteiger partial charge in [0.25, 0.3) is 5.56 Å². The molecule has 0 amide bonds. The molecule has 22 heavy (non-hydrogen) atoms. The molecule has 0 bridgehead atoms. The quantitative estimate of drug-likeness (QED) is 0.785. The molecule has 0 aliphatic rings. The van der Waals surface area contributed by atoms with Gasteiger partial charge in [-0.3, -0.25) is 10.2 Å². The largest absolute Gasteiger partial charge is 0.294 e. The third kappa shape index (κ3) is 2.42. The number of benzene rings is 2. The molecule has 0 spiro atoms. The lowest BCUT2D eigenvalue weighted by atomic mass is 10.1. The lowest BCUT2D eigenvalue weighted by molar-refractivity contribution is 0.510. The fraction of sp³-hybridized carbons (Fsp3) is 0.0667. The van der Waals surface area contributed by atoms with Gasteiger partial charge in [-0.05, 0) is 31.2 Å². The van der Waals surface area contributed by atoms with E-state index in [0.29, 0.717) is 16.4 Å². The predicted molar refractivity (Wildman–Crippen MR) is 81.1 cm³/mol. The Balaban J connectivity index is 2.20.